The van der Waals surface area contributed by atoms with Gasteiger partial charge in [0.2, 0.25) is 0 Å². The molecular weight excluding hydrogens is 555 g/mol. The summed E-state index contributed by atoms with van der Waals surface area (Å²) in [7, 11) is 0. The molecule has 0 amide bonds. The number of rotatable bonds is 3. The molecule has 208 valence electrons. The van der Waals surface area contributed by atoms with Crippen molar-refractivity contribution in [3.63, 3.8) is 0 Å². The van der Waals surface area contributed by atoms with Crippen LogP contribution < -0.4 is 0 Å². The molecular formula is C40H27N3S. The van der Waals surface area contributed by atoms with Gasteiger partial charge in [-0.2, -0.15) is 0 Å². The van der Waals surface area contributed by atoms with Gasteiger partial charge in [0.25, 0.3) is 0 Å². The van der Waals surface area contributed by atoms with Crippen LogP contribution in [0.4, 0.5) is 0 Å². The Morgan fingerprint density at radius 1 is 0.477 bits per heavy atom. The second kappa shape index (κ2) is 9.40. The number of hydrogen-bond acceptors (Lipinski definition) is 4. The zero-order valence-corrected chi connectivity index (χ0v) is 25.2. The monoisotopic (exact) mass is 581 g/mol. The van der Waals surface area contributed by atoms with Crippen LogP contribution in [-0.4, -0.2) is 15.0 Å². The molecule has 1 aliphatic rings. The fourth-order valence-corrected chi connectivity index (χ4v) is 8.08. The van der Waals surface area contributed by atoms with Gasteiger partial charge in [0.05, 0.1) is 0 Å². The van der Waals surface area contributed by atoms with Crippen molar-refractivity contribution in [2.24, 2.45) is 0 Å². The zero-order valence-electron chi connectivity index (χ0n) is 24.4. The van der Waals surface area contributed by atoms with Gasteiger partial charge in [0, 0.05) is 42.3 Å². The predicted octanol–water partition coefficient (Wildman–Crippen LogP) is 10.7. The summed E-state index contributed by atoms with van der Waals surface area (Å²) < 4.78 is 2.63. The van der Waals surface area contributed by atoms with Crippen LogP contribution in [0.15, 0.2) is 127 Å². The first-order chi connectivity index (χ1) is 21.5. The molecule has 0 atom stereocenters. The predicted molar refractivity (Wildman–Crippen MR) is 184 cm³/mol. The third kappa shape index (κ3) is 3.78. The Balaban J connectivity index is 1.22. The number of benzene rings is 6. The quantitative estimate of drug-likeness (QED) is 0.208. The van der Waals surface area contributed by atoms with E-state index in [0.717, 1.165) is 16.7 Å². The third-order valence-electron chi connectivity index (χ3n) is 9.13. The minimum absolute atomic E-state index is 0.101. The van der Waals surface area contributed by atoms with Crippen molar-refractivity contribution >= 4 is 42.3 Å². The maximum Gasteiger partial charge on any atom is 0.164 e. The highest BCUT2D eigenvalue weighted by atomic mass is 32.1. The molecule has 6 aromatic carbocycles. The maximum absolute atomic E-state index is 5.11. The lowest BCUT2D eigenvalue weighted by molar-refractivity contribution is 0.660. The zero-order chi connectivity index (χ0) is 29.4. The highest BCUT2D eigenvalue weighted by molar-refractivity contribution is 7.26. The van der Waals surface area contributed by atoms with Crippen molar-refractivity contribution in [1.82, 2.24) is 15.0 Å². The molecule has 9 rings (SSSR count). The van der Waals surface area contributed by atoms with E-state index in [-0.39, 0.29) is 5.41 Å². The van der Waals surface area contributed by atoms with Gasteiger partial charge in [-0.1, -0.05) is 123 Å². The molecule has 0 spiro atoms. The molecule has 1 aliphatic carbocycles. The van der Waals surface area contributed by atoms with Gasteiger partial charge >= 0.3 is 0 Å². The van der Waals surface area contributed by atoms with Gasteiger partial charge in [-0.05, 0) is 51.2 Å². The molecule has 0 bridgehead atoms. The van der Waals surface area contributed by atoms with Crippen LogP contribution in [0.3, 0.4) is 0 Å². The lowest BCUT2D eigenvalue weighted by Gasteiger charge is -2.21. The molecule has 44 heavy (non-hydrogen) atoms. The highest BCUT2D eigenvalue weighted by Gasteiger charge is 2.35. The lowest BCUT2D eigenvalue weighted by atomic mass is 9.82. The largest absolute Gasteiger partial charge is 0.208 e. The Labute approximate surface area is 259 Å². The van der Waals surface area contributed by atoms with Gasteiger partial charge in [0.1, 0.15) is 0 Å². The lowest BCUT2D eigenvalue weighted by Crippen LogP contribution is -2.15. The van der Waals surface area contributed by atoms with E-state index in [1.165, 1.54) is 53.2 Å². The van der Waals surface area contributed by atoms with Gasteiger partial charge < -0.3 is 0 Å². The fraction of sp³-hybridized carbons (Fsp3) is 0.0750. The summed E-state index contributed by atoms with van der Waals surface area (Å²) >= 11 is 1.86. The number of aromatic nitrogens is 3. The Morgan fingerprint density at radius 3 is 1.95 bits per heavy atom. The fourth-order valence-electron chi connectivity index (χ4n) is 6.84. The second-order valence-corrected chi connectivity index (χ2v) is 13.1. The van der Waals surface area contributed by atoms with Crippen LogP contribution in [0.1, 0.15) is 25.0 Å². The standard InChI is InChI=1S/C40H27N3S/c1-40(2)33-14-8-6-12-29(33)30-20-18-27(23-34(30)40)39-42-37(24-10-4-3-5-11-24)41-38(43-39)26-17-19-28-25(22-26)16-21-32-31-13-7-9-15-35(31)44-36(28)32/h3-23H,1-2H3. The van der Waals surface area contributed by atoms with Gasteiger partial charge in [0.15, 0.2) is 17.5 Å². The Kier molecular flexibility index (Phi) is 5.41. The number of nitrogens with zero attached hydrogens (tertiary/aromatic N) is 3. The molecule has 0 aliphatic heterocycles. The van der Waals surface area contributed by atoms with E-state index < -0.39 is 0 Å². The van der Waals surface area contributed by atoms with Crippen LogP contribution >= 0.6 is 11.3 Å². The summed E-state index contributed by atoms with van der Waals surface area (Å²) in [6.45, 7) is 4.61. The van der Waals surface area contributed by atoms with Crippen molar-refractivity contribution in [2.75, 3.05) is 0 Å². The Hall–Kier alpha value is -5.19. The first-order valence-electron chi connectivity index (χ1n) is 15.0. The maximum atomic E-state index is 5.11. The van der Waals surface area contributed by atoms with Crippen LogP contribution in [0, 0.1) is 0 Å². The molecule has 3 nitrogen and oxygen atoms in total. The van der Waals surface area contributed by atoms with Crippen molar-refractivity contribution in [3.8, 4) is 45.3 Å². The first kappa shape index (κ1) is 25.3. The summed E-state index contributed by atoms with van der Waals surface area (Å²) in [5, 5.41) is 5.06. The molecule has 2 aromatic heterocycles. The average Bonchev–Trinajstić information content (AvgIpc) is 3.57. The second-order valence-electron chi connectivity index (χ2n) is 12.1. The van der Waals surface area contributed by atoms with E-state index in [1.807, 2.05) is 29.5 Å². The van der Waals surface area contributed by atoms with Crippen molar-refractivity contribution < 1.29 is 0 Å². The normalized spacial score (nSPS) is 13.4. The number of hydrogen-bond donors (Lipinski definition) is 0. The van der Waals surface area contributed by atoms with E-state index in [1.54, 1.807) is 0 Å². The summed E-state index contributed by atoms with van der Waals surface area (Å²) in [5.41, 5.74) is 8.11. The highest BCUT2D eigenvalue weighted by Crippen LogP contribution is 2.49. The van der Waals surface area contributed by atoms with Crippen molar-refractivity contribution in [2.45, 2.75) is 19.3 Å². The summed E-state index contributed by atoms with van der Waals surface area (Å²) in [4.78, 5) is 15.2. The number of thiophene rings is 1. The topological polar surface area (TPSA) is 38.7 Å². The van der Waals surface area contributed by atoms with E-state index >= 15 is 0 Å². The van der Waals surface area contributed by atoms with Crippen LogP contribution in [0.25, 0.3) is 76.2 Å². The summed E-state index contributed by atoms with van der Waals surface area (Å²) in [6.07, 6.45) is 0. The van der Waals surface area contributed by atoms with Crippen LogP contribution in [0.2, 0.25) is 0 Å². The molecule has 0 N–H and O–H groups in total. The van der Waals surface area contributed by atoms with E-state index in [0.29, 0.717) is 17.5 Å². The minimum atomic E-state index is -0.101. The number of fused-ring (bicyclic) bond motifs is 8. The Morgan fingerprint density at radius 2 is 1.11 bits per heavy atom. The molecule has 0 radical (unpaired) electrons. The van der Waals surface area contributed by atoms with Crippen molar-refractivity contribution in [3.05, 3.63) is 139 Å². The molecule has 4 heteroatoms. The summed E-state index contributed by atoms with van der Waals surface area (Å²) in [5.74, 6) is 2.03. The molecule has 8 aromatic rings. The van der Waals surface area contributed by atoms with E-state index in [4.69, 9.17) is 15.0 Å². The summed E-state index contributed by atoms with van der Waals surface area (Å²) in [6, 6.07) is 45.3. The molecule has 0 unspecified atom stereocenters. The molecule has 0 saturated carbocycles. The average molecular weight is 582 g/mol. The van der Waals surface area contributed by atoms with Gasteiger partial charge in [-0.3, -0.25) is 0 Å². The smallest absolute Gasteiger partial charge is 0.164 e. The van der Waals surface area contributed by atoms with E-state index in [9.17, 15) is 0 Å². The minimum Gasteiger partial charge on any atom is -0.208 e. The molecule has 0 saturated heterocycles. The first-order valence-corrected chi connectivity index (χ1v) is 15.8. The Bertz CT molecular complexity index is 2420. The van der Waals surface area contributed by atoms with E-state index in [2.05, 4.69) is 123 Å². The van der Waals surface area contributed by atoms with Gasteiger partial charge in [-0.25, -0.2) is 15.0 Å². The molecule has 0 fully saturated rings. The van der Waals surface area contributed by atoms with Crippen molar-refractivity contribution in [1.29, 1.82) is 0 Å². The van der Waals surface area contributed by atoms with Crippen LogP contribution in [0.5, 0.6) is 0 Å². The third-order valence-corrected chi connectivity index (χ3v) is 10.3. The SMILES string of the molecule is CC1(C)c2ccccc2-c2ccc(-c3nc(-c4ccccc4)nc(-c4ccc5c(ccc6c7ccccc7sc56)c4)n3)cc21. The van der Waals surface area contributed by atoms with Gasteiger partial charge in [-0.15, -0.1) is 11.3 Å². The molecule has 2 heterocycles. The van der Waals surface area contributed by atoms with Crippen LogP contribution in [-0.2, 0) is 5.41 Å².